The zero-order chi connectivity index (χ0) is 13.0. The molecule has 0 aliphatic carbocycles. The van der Waals surface area contributed by atoms with E-state index in [1.807, 2.05) is 30.3 Å². The van der Waals surface area contributed by atoms with Crippen molar-refractivity contribution in [2.24, 2.45) is 0 Å². The average Bonchev–Trinajstić information content (AvgIpc) is 2.81. The molecule has 0 amide bonds. The summed E-state index contributed by atoms with van der Waals surface area (Å²) in [7, 11) is 0. The fourth-order valence-corrected chi connectivity index (χ4v) is 1.69. The Morgan fingerprint density at radius 2 is 1.94 bits per heavy atom. The minimum Gasteiger partial charge on any atom is -0.387 e. The highest BCUT2D eigenvalue weighted by atomic mass is 16.3. The minimum absolute atomic E-state index is 0.0813. The number of hydrogen-bond acceptors (Lipinski definition) is 4. The summed E-state index contributed by atoms with van der Waals surface area (Å²) >= 11 is 0. The summed E-state index contributed by atoms with van der Waals surface area (Å²) in [5, 5.41) is 27.8. The van der Waals surface area contributed by atoms with Gasteiger partial charge < -0.3 is 9.67 Å². The molecule has 1 aromatic heterocycles. The molecule has 5 heteroatoms. The van der Waals surface area contributed by atoms with Gasteiger partial charge in [-0.15, -0.1) is 0 Å². The third-order valence-corrected chi connectivity index (χ3v) is 2.60. The highest BCUT2D eigenvalue weighted by Crippen LogP contribution is 2.16. The molecule has 2 rings (SSSR count). The molecule has 1 heterocycles. The Balaban J connectivity index is 2.23. The monoisotopic (exact) mass is 238 g/mol. The summed E-state index contributed by atoms with van der Waals surface area (Å²) in [6.07, 6.45) is 0.655. The van der Waals surface area contributed by atoms with Crippen LogP contribution >= 0.6 is 0 Å². The Morgan fingerprint density at radius 1 is 1.22 bits per heavy atom. The lowest BCUT2D eigenvalue weighted by Crippen LogP contribution is -2.09. The van der Waals surface area contributed by atoms with Gasteiger partial charge in [-0.05, 0) is 5.56 Å². The lowest BCUT2D eigenvalue weighted by molar-refractivity contribution is 0.156. The van der Waals surface area contributed by atoms with E-state index in [1.54, 1.807) is 12.1 Å². The van der Waals surface area contributed by atoms with E-state index < -0.39 is 6.10 Å². The molecule has 1 unspecified atom stereocenters. The van der Waals surface area contributed by atoms with Crippen molar-refractivity contribution in [1.82, 2.24) is 9.55 Å². The third-order valence-electron chi connectivity index (χ3n) is 2.60. The van der Waals surface area contributed by atoms with E-state index >= 15 is 0 Å². The maximum atomic E-state index is 10.0. The summed E-state index contributed by atoms with van der Waals surface area (Å²) < 4.78 is 1.48. The molecule has 1 atom stereocenters. The van der Waals surface area contributed by atoms with Gasteiger partial charge in [0.15, 0.2) is 11.4 Å². The smallest absolute Gasteiger partial charge is 0.176 e. The summed E-state index contributed by atoms with van der Waals surface area (Å²) in [5.41, 5.74) is 1.01. The first-order valence-electron chi connectivity index (χ1n) is 5.34. The van der Waals surface area contributed by atoms with E-state index in [2.05, 4.69) is 4.98 Å². The third kappa shape index (κ3) is 2.22. The number of aromatic nitrogens is 2. The lowest BCUT2D eigenvalue weighted by Gasteiger charge is -2.11. The molecular weight excluding hydrogens is 228 g/mol. The second kappa shape index (κ2) is 5.13. The number of benzene rings is 1. The lowest BCUT2D eigenvalue weighted by atomic mass is 10.1. The fourth-order valence-electron chi connectivity index (χ4n) is 1.69. The molecule has 0 radical (unpaired) electrons. The van der Waals surface area contributed by atoms with Crippen LogP contribution in [-0.2, 0) is 6.54 Å². The SMILES string of the molecule is N#Cc1ncn(CC(O)c2ccccc2)c1C#N. The van der Waals surface area contributed by atoms with E-state index in [1.165, 1.54) is 10.9 Å². The molecule has 1 aromatic carbocycles. The average molecular weight is 238 g/mol. The molecule has 0 bridgehead atoms. The second-order valence-corrected chi connectivity index (χ2v) is 3.74. The van der Waals surface area contributed by atoms with Gasteiger partial charge >= 0.3 is 0 Å². The maximum Gasteiger partial charge on any atom is 0.176 e. The van der Waals surface area contributed by atoms with E-state index in [9.17, 15) is 5.11 Å². The Kier molecular flexibility index (Phi) is 3.38. The number of rotatable bonds is 3. The highest BCUT2D eigenvalue weighted by Gasteiger charge is 2.14. The standard InChI is InChI=1S/C13H10N4O/c14-6-11-12(7-15)17(9-16-11)8-13(18)10-4-2-1-3-5-10/h1-5,9,13,18H,8H2. The van der Waals surface area contributed by atoms with Crippen LogP contribution in [0.4, 0.5) is 0 Å². The Bertz CT molecular complexity index is 619. The van der Waals surface area contributed by atoms with E-state index in [0.29, 0.717) is 0 Å². The molecule has 1 N–H and O–H groups in total. The van der Waals surface area contributed by atoms with Crippen molar-refractivity contribution in [3.63, 3.8) is 0 Å². The molecule has 0 saturated heterocycles. The summed E-state index contributed by atoms with van der Waals surface area (Å²) in [6, 6.07) is 12.9. The number of nitriles is 2. The van der Waals surface area contributed by atoms with Gasteiger partial charge in [0.05, 0.1) is 19.0 Å². The van der Waals surface area contributed by atoms with Crippen LogP contribution in [0.5, 0.6) is 0 Å². The Labute approximate surface area is 104 Å². The predicted molar refractivity (Wildman–Crippen MR) is 63.1 cm³/mol. The molecule has 0 fully saturated rings. The molecule has 88 valence electrons. The van der Waals surface area contributed by atoms with Crippen molar-refractivity contribution >= 4 is 0 Å². The predicted octanol–water partition coefficient (Wildman–Crippen LogP) is 1.36. The molecule has 2 aromatic rings. The van der Waals surface area contributed by atoms with E-state index in [0.717, 1.165) is 5.56 Å². The van der Waals surface area contributed by atoms with Gasteiger partial charge in [-0.1, -0.05) is 30.3 Å². The van der Waals surface area contributed by atoms with Gasteiger partial charge in [0.2, 0.25) is 0 Å². The number of hydrogen-bond donors (Lipinski definition) is 1. The number of aliphatic hydroxyl groups is 1. The molecule has 5 nitrogen and oxygen atoms in total. The normalized spacial score (nSPS) is 11.5. The van der Waals surface area contributed by atoms with Crippen molar-refractivity contribution < 1.29 is 5.11 Å². The first-order valence-corrected chi connectivity index (χ1v) is 5.34. The largest absolute Gasteiger partial charge is 0.387 e. The van der Waals surface area contributed by atoms with Crippen LogP contribution in [-0.4, -0.2) is 14.7 Å². The van der Waals surface area contributed by atoms with Gasteiger partial charge in [0.1, 0.15) is 12.1 Å². The van der Waals surface area contributed by atoms with Crippen LogP contribution in [0.25, 0.3) is 0 Å². The van der Waals surface area contributed by atoms with Crippen molar-refractivity contribution in [3.8, 4) is 12.1 Å². The zero-order valence-electron chi connectivity index (χ0n) is 9.48. The first-order chi connectivity index (χ1) is 8.76. The summed E-state index contributed by atoms with van der Waals surface area (Å²) in [5.74, 6) is 0. The molecule has 0 saturated carbocycles. The van der Waals surface area contributed by atoms with Crippen LogP contribution in [0.2, 0.25) is 0 Å². The van der Waals surface area contributed by atoms with Crippen LogP contribution in [0.1, 0.15) is 23.1 Å². The minimum atomic E-state index is -0.737. The summed E-state index contributed by atoms with van der Waals surface area (Å²) in [6.45, 7) is 0.196. The van der Waals surface area contributed by atoms with Crippen LogP contribution < -0.4 is 0 Å². The zero-order valence-corrected chi connectivity index (χ0v) is 9.48. The molecule has 0 aliphatic heterocycles. The fraction of sp³-hybridized carbons (Fsp3) is 0.154. The number of nitrogens with zero attached hydrogens (tertiary/aromatic N) is 4. The van der Waals surface area contributed by atoms with Crippen molar-refractivity contribution in [2.45, 2.75) is 12.6 Å². The maximum absolute atomic E-state index is 10.0. The Hall–Kier alpha value is -2.63. The van der Waals surface area contributed by atoms with Gasteiger partial charge in [0.25, 0.3) is 0 Å². The number of aliphatic hydroxyl groups excluding tert-OH is 1. The van der Waals surface area contributed by atoms with Gasteiger partial charge in [-0.3, -0.25) is 0 Å². The quantitative estimate of drug-likeness (QED) is 0.874. The summed E-state index contributed by atoms with van der Waals surface area (Å²) in [4.78, 5) is 3.82. The molecule has 0 aliphatic rings. The molecule has 18 heavy (non-hydrogen) atoms. The van der Waals surface area contributed by atoms with Crippen LogP contribution in [0, 0.1) is 22.7 Å². The first kappa shape index (κ1) is 11.8. The topological polar surface area (TPSA) is 85.6 Å². The molecular formula is C13H10N4O. The van der Waals surface area contributed by atoms with Crippen molar-refractivity contribution in [1.29, 1.82) is 10.5 Å². The number of imidazole rings is 1. The van der Waals surface area contributed by atoms with Gasteiger partial charge in [-0.25, -0.2) is 4.98 Å². The van der Waals surface area contributed by atoms with Gasteiger partial charge in [0, 0.05) is 0 Å². The van der Waals surface area contributed by atoms with Crippen molar-refractivity contribution in [3.05, 3.63) is 53.6 Å². The second-order valence-electron chi connectivity index (χ2n) is 3.74. The van der Waals surface area contributed by atoms with Crippen molar-refractivity contribution in [2.75, 3.05) is 0 Å². The Morgan fingerprint density at radius 3 is 2.56 bits per heavy atom. The highest BCUT2D eigenvalue weighted by molar-refractivity contribution is 5.36. The van der Waals surface area contributed by atoms with E-state index in [-0.39, 0.29) is 17.9 Å². The molecule has 0 spiro atoms. The van der Waals surface area contributed by atoms with E-state index in [4.69, 9.17) is 10.5 Å². The van der Waals surface area contributed by atoms with Crippen LogP contribution in [0.3, 0.4) is 0 Å². The van der Waals surface area contributed by atoms with Gasteiger partial charge in [-0.2, -0.15) is 10.5 Å². The van der Waals surface area contributed by atoms with Crippen LogP contribution in [0.15, 0.2) is 36.7 Å².